The summed E-state index contributed by atoms with van der Waals surface area (Å²) in [7, 11) is 1.78. The van der Waals surface area contributed by atoms with Gasteiger partial charge >= 0.3 is 0 Å². The molecule has 1 aromatic carbocycles. The van der Waals surface area contributed by atoms with Crippen LogP contribution >= 0.6 is 0 Å². The summed E-state index contributed by atoms with van der Waals surface area (Å²) < 4.78 is 5.67. The lowest BCUT2D eigenvalue weighted by Gasteiger charge is -2.45. The van der Waals surface area contributed by atoms with E-state index in [1.165, 1.54) is 18.4 Å². The number of methoxy groups -OCH3 is 1. The van der Waals surface area contributed by atoms with Gasteiger partial charge in [0.15, 0.2) is 11.5 Å². The minimum atomic E-state index is -0.995. The fourth-order valence-electron chi connectivity index (χ4n) is 6.18. The standard InChI is InChI=1S/C28H30N4O2/c1-34-23-10-12-27(13-11-23)16-22-9-8-20(7-6-19-4-5-19)15-24(22)28(27)25(33)32(26(29)31-28)18-21-3-2-14-30-17-21/h2-3,8-9,14-15,17,19,23H,4-5,10-13,16,18H2,1H3,(H2,29,31). The molecule has 6 rings (SSSR count). The van der Waals surface area contributed by atoms with E-state index in [1.807, 2.05) is 12.1 Å². The molecule has 2 saturated carbocycles. The number of benzene rings is 1. The lowest BCUT2D eigenvalue weighted by molar-refractivity contribution is -0.138. The summed E-state index contributed by atoms with van der Waals surface area (Å²) in [6, 6.07) is 10.2. The highest BCUT2D eigenvalue weighted by molar-refractivity contribution is 6.08. The van der Waals surface area contributed by atoms with Crippen LogP contribution in [0.15, 0.2) is 47.7 Å². The quantitative estimate of drug-likeness (QED) is 0.720. The van der Waals surface area contributed by atoms with Gasteiger partial charge in [-0.2, -0.15) is 0 Å². The molecule has 6 nitrogen and oxygen atoms in total. The van der Waals surface area contributed by atoms with Crippen LogP contribution < -0.4 is 5.73 Å². The van der Waals surface area contributed by atoms with E-state index in [0.717, 1.165) is 48.8 Å². The summed E-state index contributed by atoms with van der Waals surface area (Å²) in [5.74, 6) is 7.50. The van der Waals surface area contributed by atoms with Crippen molar-refractivity contribution < 1.29 is 9.53 Å². The summed E-state index contributed by atoms with van der Waals surface area (Å²) in [5, 5.41) is 0. The van der Waals surface area contributed by atoms with Crippen LogP contribution in [-0.2, 0) is 28.0 Å². The van der Waals surface area contributed by atoms with Crippen molar-refractivity contribution in [3.05, 3.63) is 65.0 Å². The maximum absolute atomic E-state index is 14.4. The molecule has 34 heavy (non-hydrogen) atoms. The number of aliphatic imine (C=N–C) groups is 1. The van der Waals surface area contributed by atoms with Crippen LogP contribution in [0.4, 0.5) is 0 Å². The number of amides is 1. The molecule has 2 aromatic rings. The van der Waals surface area contributed by atoms with Crippen LogP contribution in [0.2, 0.25) is 0 Å². The van der Waals surface area contributed by atoms with Gasteiger partial charge in [-0.15, -0.1) is 0 Å². The second-order valence-corrected chi connectivity index (χ2v) is 10.2. The van der Waals surface area contributed by atoms with Crippen LogP contribution in [-0.4, -0.2) is 35.0 Å². The number of carbonyl (C=O) groups excluding carboxylic acids is 1. The molecule has 0 saturated heterocycles. The Morgan fingerprint density at radius 2 is 2.03 bits per heavy atom. The lowest BCUT2D eigenvalue weighted by atomic mass is 9.61. The van der Waals surface area contributed by atoms with Crippen LogP contribution in [0.1, 0.15) is 60.8 Å². The Bertz CT molecular complexity index is 1220. The zero-order valence-corrected chi connectivity index (χ0v) is 19.6. The molecule has 2 N–H and O–H groups in total. The van der Waals surface area contributed by atoms with Crippen LogP contribution in [0.5, 0.6) is 0 Å². The molecule has 0 radical (unpaired) electrons. The van der Waals surface area contributed by atoms with Crippen molar-refractivity contribution in [1.82, 2.24) is 9.88 Å². The molecule has 3 aliphatic carbocycles. The van der Waals surface area contributed by atoms with Crippen molar-refractivity contribution in [2.75, 3.05) is 7.11 Å². The maximum Gasteiger partial charge on any atom is 0.262 e. The van der Waals surface area contributed by atoms with Gasteiger partial charge in [0.25, 0.3) is 5.91 Å². The second-order valence-electron chi connectivity index (χ2n) is 10.2. The van der Waals surface area contributed by atoms with Crippen LogP contribution in [0.3, 0.4) is 0 Å². The average Bonchev–Trinajstić information content (AvgIpc) is 3.62. The third kappa shape index (κ3) is 3.25. The Balaban J connectivity index is 1.44. The Labute approximate surface area is 200 Å². The van der Waals surface area contributed by atoms with Gasteiger partial charge < -0.3 is 10.5 Å². The minimum absolute atomic E-state index is 0.0178. The molecule has 2 spiro atoms. The predicted molar refractivity (Wildman–Crippen MR) is 130 cm³/mol. The van der Waals surface area contributed by atoms with E-state index in [4.69, 9.17) is 15.5 Å². The molecular weight excluding hydrogens is 424 g/mol. The van der Waals surface area contributed by atoms with E-state index < -0.39 is 5.54 Å². The Morgan fingerprint density at radius 3 is 2.74 bits per heavy atom. The van der Waals surface area contributed by atoms with Gasteiger partial charge in [-0.25, -0.2) is 4.99 Å². The molecule has 174 valence electrons. The number of ether oxygens (including phenoxy) is 1. The van der Waals surface area contributed by atoms with Crippen molar-refractivity contribution in [1.29, 1.82) is 0 Å². The molecule has 1 unspecified atom stereocenters. The highest BCUT2D eigenvalue weighted by Gasteiger charge is 2.66. The first-order chi connectivity index (χ1) is 16.5. The zero-order valence-electron chi connectivity index (χ0n) is 19.6. The average molecular weight is 455 g/mol. The third-order valence-electron chi connectivity index (χ3n) is 8.19. The largest absolute Gasteiger partial charge is 0.381 e. The van der Waals surface area contributed by atoms with Gasteiger partial charge in [-0.3, -0.25) is 14.7 Å². The lowest BCUT2D eigenvalue weighted by Crippen LogP contribution is -2.52. The molecule has 2 fully saturated rings. The molecule has 1 amide bonds. The number of nitrogens with two attached hydrogens (primary N) is 1. The number of aromatic nitrogens is 1. The number of pyridine rings is 1. The third-order valence-corrected chi connectivity index (χ3v) is 8.19. The summed E-state index contributed by atoms with van der Waals surface area (Å²) in [6.07, 6.45) is 10.6. The normalized spacial score (nSPS) is 29.8. The fraction of sp³-hybridized carbons (Fsp3) is 0.464. The highest BCUT2D eigenvalue weighted by atomic mass is 16.5. The topological polar surface area (TPSA) is 80.8 Å². The van der Waals surface area contributed by atoms with Crippen molar-refractivity contribution in [3.63, 3.8) is 0 Å². The first-order valence-corrected chi connectivity index (χ1v) is 12.3. The van der Waals surface area contributed by atoms with Crippen LogP contribution in [0, 0.1) is 23.2 Å². The summed E-state index contributed by atoms with van der Waals surface area (Å²) >= 11 is 0. The molecule has 6 heteroatoms. The fourth-order valence-corrected chi connectivity index (χ4v) is 6.18. The van der Waals surface area contributed by atoms with Gasteiger partial charge in [-0.1, -0.05) is 24.0 Å². The van der Waals surface area contributed by atoms with Crippen LogP contribution in [0.25, 0.3) is 0 Å². The monoisotopic (exact) mass is 454 g/mol. The van der Waals surface area contributed by atoms with Gasteiger partial charge in [0.1, 0.15) is 0 Å². The van der Waals surface area contributed by atoms with E-state index in [2.05, 4.69) is 35.0 Å². The first-order valence-electron chi connectivity index (χ1n) is 12.3. The van der Waals surface area contributed by atoms with E-state index in [-0.39, 0.29) is 17.4 Å². The SMILES string of the molecule is COC1CCC2(CC1)Cc1ccc(C#CC3CC3)cc1C21N=C(N)N(Cc2cccnc2)C1=O. The number of hydrogen-bond acceptors (Lipinski definition) is 5. The molecule has 4 aliphatic rings. The van der Waals surface area contributed by atoms with E-state index in [0.29, 0.717) is 18.4 Å². The summed E-state index contributed by atoms with van der Waals surface area (Å²) in [6.45, 7) is 0.372. The van der Waals surface area contributed by atoms with Crippen molar-refractivity contribution in [3.8, 4) is 11.8 Å². The molecule has 1 aliphatic heterocycles. The Hall–Kier alpha value is -3.17. The smallest absolute Gasteiger partial charge is 0.262 e. The first kappa shape index (κ1) is 21.4. The molecule has 2 heterocycles. The van der Waals surface area contributed by atoms with Gasteiger partial charge in [0.2, 0.25) is 0 Å². The summed E-state index contributed by atoms with van der Waals surface area (Å²) in [4.78, 5) is 25.3. The molecule has 1 aromatic heterocycles. The van der Waals surface area contributed by atoms with E-state index in [9.17, 15) is 4.79 Å². The molecule has 1 atom stereocenters. The van der Waals surface area contributed by atoms with Crippen molar-refractivity contribution >= 4 is 11.9 Å². The molecular formula is C28H30N4O2. The Morgan fingerprint density at radius 1 is 1.21 bits per heavy atom. The number of guanidine groups is 1. The predicted octanol–water partition coefficient (Wildman–Crippen LogP) is 3.53. The Kier molecular flexibility index (Phi) is 5.00. The van der Waals surface area contributed by atoms with Gasteiger partial charge in [-0.05, 0) is 79.8 Å². The number of carbonyl (C=O) groups is 1. The molecule has 0 bridgehead atoms. The summed E-state index contributed by atoms with van der Waals surface area (Å²) in [5.41, 5.74) is 9.29. The number of rotatable bonds is 3. The second kappa shape index (κ2) is 7.95. The highest BCUT2D eigenvalue weighted by Crippen LogP contribution is 2.62. The van der Waals surface area contributed by atoms with Gasteiger partial charge in [0.05, 0.1) is 12.6 Å². The van der Waals surface area contributed by atoms with Gasteiger partial charge in [0, 0.05) is 36.4 Å². The number of hydrogen-bond donors (Lipinski definition) is 1. The minimum Gasteiger partial charge on any atom is -0.381 e. The number of fused-ring (bicyclic) bond motifs is 3. The maximum atomic E-state index is 14.4. The number of nitrogens with zero attached hydrogens (tertiary/aromatic N) is 3. The van der Waals surface area contributed by atoms with E-state index in [1.54, 1.807) is 24.4 Å². The van der Waals surface area contributed by atoms with E-state index >= 15 is 0 Å². The van der Waals surface area contributed by atoms with Crippen molar-refractivity contribution in [2.45, 2.75) is 63.1 Å². The zero-order chi connectivity index (χ0) is 23.3. The van der Waals surface area contributed by atoms with Crippen molar-refractivity contribution in [2.24, 2.45) is 22.1 Å².